The SMILES string of the molecule is C[C@@H](c1cccc2ccccc12)N1CC(CO)CC1=O. The molecule has 3 nitrogen and oxygen atoms in total. The predicted molar refractivity (Wildman–Crippen MR) is 79.3 cm³/mol. The van der Waals surface area contributed by atoms with Gasteiger partial charge in [-0.15, -0.1) is 0 Å². The van der Waals surface area contributed by atoms with Gasteiger partial charge in [-0.1, -0.05) is 42.5 Å². The number of carbonyl (C=O) groups is 1. The summed E-state index contributed by atoms with van der Waals surface area (Å²) in [6, 6.07) is 14.5. The minimum atomic E-state index is 0.0464. The first-order chi connectivity index (χ1) is 9.70. The minimum Gasteiger partial charge on any atom is -0.396 e. The zero-order chi connectivity index (χ0) is 14.1. The van der Waals surface area contributed by atoms with Gasteiger partial charge < -0.3 is 10.0 Å². The largest absolute Gasteiger partial charge is 0.396 e. The van der Waals surface area contributed by atoms with Crippen LogP contribution in [0.4, 0.5) is 0 Å². The van der Waals surface area contributed by atoms with Gasteiger partial charge in [-0.2, -0.15) is 0 Å². The number of aliphatic hydroxyl groups is 1. The van der Waals surface area contributed by atoms with Crippen LogP contribution in [0.5, 0.6) is 0 Å². The van der Waals surface area contributed by atoms with Crippen LogP contribution in [0.3, 0.4) is 0 Å². The summed E-state index contributed by atoms with van der Waals surface area (Å²) in [5.41, 5.74) is 1.18. The van der Waals surface area contributed by atoms with Gasteiger partial charge in [0.2, 0.25) is 5.91 Å². The van der Waals surface area contributed by atoms with Crippen LogP contribution in [0, 0.1) is 5.92 Å². The van der Waals surface area contributed by atoms with Crippen LogP contribution in [0.25, 0.3) is 10.8 Å². The lowest BCUT2D eigenvalue weighted by atomic mass is 9.99. The molecule has 0 aromatic heterocycles. The van der Waals surface area contributed by atoms with Crippen LogP contribution in [0.1, 0.15) is 24.9 Å². The Hall–Kier alpha value is -1.87. The van der Waals surface area contributed by atoms with E-state index in [-0.39, 0.29) is 24.5 Å². The van der Waals surface area contributed by atoms with E-state index >= 15 is 0 Å². The molecule has 1 aliphatic rings. The fraction of sp³-hybridized carbons (Fsp3) is 0.353. The molecule has 0 bridgehead atoms. The molecule has 1 N–H and O–H groups in total. The zero-order valence-corrected chi connectivity index (χ0v) is 11.6. The highest BCUT2D eigenvalue weighted by Crippen LogP contribution is 2.32. The summed E-state index contributed by atoms with van der Waals surface area (Å²) in [5, 5.41) is 11.6. The Morgan fingerprint density at radius 2 is 2.00 bits per heavy atom. The van der Waals surface area contributed by atoms with Crippen LogP contribution in [-0.2, 0) is 4.79 Å². The first kappa shape index (κ1) is 13.1. The summed E-state index contributed by atoms with van der Waals surface area (Å²) >= 11 is 0. The van der Waals surface area contributed by atoms with Gasteiger partial charge >= 0.3 is 0 Å². The highest BCUT2D eigenvalue weighted by Gasteiger charge is 2.33. The molecule has 1 saturated heterocycles. The van der Waals surface area contributed by atoms with E-state index in [0.29, 0.717) is 13.0 Å². The molecule has 0 spiro atoms. The second-order valence-electron chi connectivity index (χ2n) is 5.54. The molecule has 2 aromatic rings. The van der Waals surface area contributed by atoms with Crippen LogP contribution < -0.4 is 0 Å². The van der Waals surface area contributed by atoms with Crippen LogP contribution in [-0.4, -0.2) is 29.1 Å². The van der Waals surface area contributed by atoms with Crippen molar-refractivity contribution in [2.45, 2.75) is 19.4 Å². The maximum Gasteiger partial charge on any atom is 0.223 e. The predicted octanol–water partition coefficient (Wildman–Crippen LogP) is 2.74. The first-order valence-corrected chi connectivity index (χ1v) is 7.08. The molecule has 1 unspecified atom stereocenters. The number of nitrogens with zero attached hydrogens (tertiary/aromatic N) is 1. The van der Waals surface area contributed by atoms with Crippen molar-refractivity contribution < 1.29 is 9.90 Å². The number of fused-ring (bicyclic) bond motifs is 1. The number of benzene rings is 2. The van der Waals surface area contributed by atoms with E-state index in [4.69, 9.17) is 0 Å². The number of rotatable bonds is 3. The van der Waals surface area contributed by atoms with Crippen molar-refractivity contribution in [1.29, 1.82) is 0 Å². The van der Waals surface area contributed by atoms with Crippen molar-refractivity contribution >= 4 is 16.7 Å². The van der Waals surface area contributed by atoms with E-state index in [2.05, 4.69) is 31.2 Å². The van der Waals surface area contributed by atoms with Gasteiger partial charge in [0.05, 0.1) is 6.04 Å². The topological polar surface area (TPSA) is 40.5 Å². The lowest BCUT2D eigenvalue weighted by molar-refractivity contribution is -0.129. The maximum absolute atomic E-state index is 12.1. The Kier molecular flexibility index (Phi) is 3.45. The van der Waals surface area contributed by atoms with Crippen molar-refractivity contribution in [3.63, 3.8) is 0 Å². The number of aliphatic hydroxyl groups excluding tert-OH is 1. The van der Waals surface area contributed by atoms with Gasteiger partial charge in [-0.3, -0.25) is 4.79 Å². The number of amides is 1. The Bertz CT molecular complexity index is 632. The Balaban J connectivity index is 1.97. The number of hydrogen-bond acceptors (Lipinski definition) is 2. The van der Waals surface area contributed by atoms with Crippen LogP contribution in [0.15, 0.2) is 42.5 Å². The first-order valence-electron chi connectivity index (χ1n) is 7.08. The summed E-state index contributed by atoms with van der Waals surface area (Å²) in [5.74, 6) is 0.226. The molecule has 1 aliphatic heterocycles. The third-order valence-corrected chi connectivity index (χ3v) is 4.24. The third-order valence-electron chi connectivity index (χ3n) is 4.24. The van der Waals surface area contributed by atoms with E-state index in [1.807, 2.05) is 23.1 Å². The van der Waals surface area contributed by atoms with Gasteiger partial charge in [-0.05, 0) is 23.3 Å². The van der Waals surface area contributed by atoms with Crippen molar-refractivity contribution in [3.8, 4) is 0 Å². The fourth-order valence-electron chi connectivity index (χ4n) is 3.09. The van der Waals surface area contributed by atoms with Crippen LogP contribution >= 0.6 is 0 Å². The summed E-state index contributed by atoms with van der Waals surface area (Å²) < 4.78 is 0. The molecule has 2 atom stereocenters. The number of likely N-dealkylation sites (tertiary alicyclic amines) is 1. The summed E-state index contributed by atoms with van der Waals surface area (Å²) in [6.07, 6.45) is 0.464. The summed E-state index contributed by atoms with van der Waals surface area (Å²) in [7, 11) is 0. The lowest BCUT2D eigenvalue weighted by Gasteiger charge is -2.26. The quantitative estimate of drug-likeness (QED) is 0.930. The normalized spacial score (nSPS) is 20.6. The number of hydrogen-bond donors (Lipinski definition) is 1. The van der Waals surface area contributed by atoms with Crippen molar-refractivity contribution in [3.05, 3.63) is 48.0 Å². The van der Waals surface area contributed by atoms with E-state index in [9.17, 15) is 9.90 Å². The van der Waals surface area contributed by atoms with E-state index < -0.39 is 0 Å². The third kappa shape index (κ3) is 2.18. The average Bonchev–Trinajstić information content (AvgIpc) is 2.87. The molecule has 3 rings (SSSR count). The molecule has 0 radical (unpaired) electrons. The molecular weight excluding hydrogens is 250 g/mol. The van der Waals surface area contributed by atoms with Crippen molar-refractivity contribution in [2.75, 3.05) is 13.2 Å². The average molecular weight is 269 g/mol. The van der Waals surface area contributed by atoms with Gasteiger partial charge in [0.15, 0.2) is 0 Å². The second kappa shape index (κ2) is 5.25. The summed E-state index contributed by atoms with van der Waals surface area (Å²) in [4.78, 5) is 14.0. The van der Waals surface area contributed by atoms with Gasteiger partial charge in [0.1, 0.15) is 0 Å². The molecule has 3 heteroatoms. The highest BCUT2D eigenvalue weighted by atomic mass is 16.3. The van der Waals surface area contributed by atoms with Gasteiger partial charge in [0.25, 0.3) is 0 Å². The van der Waals surface area contributed by atoms with Crippen molar-refractivity contribution in [2.24, 2.45) is 5.92 Å². The second-order valence-corrected chi connectivity index (χ2v) is 5.54. The smallest absolute Gasteiger partial charge is 0.223 e. The Morgan fingerprint density at radius 3 is 2.75 bits per heavy atom. The number of carbonyl (C=O) groups excluding carboxylic acids is 1. The maximum atomic E-state index is 12.1. The molecule has 1 heterocycles. The van der Waals surface area contributed by atoms with Crippen molar-refractivity contribution in [1.82, 2.24) is 4.90 Å². The highest BCUT2D eigenvalue weighted by molar-refractivity contribution is 5.87. The molecule has 0 aliphatic carbocycles. The molecular formula is C17H19NO2. The van der Waals surface area contributed by atoms with Gasteiger partial charge in [-0.25, -0.2) is 0 Å². The Morgan fingerprint density at radius 1 is 1.25 bits per heavy atom. The monoisotopic (exact) mass is 269 g/mol. The van der Waals surface area contributed by atoms with Gasteiger partial charge in [0, 0.05) is 25.5 Å². The molecule has 20 heavy (non-hydrogen) atoms. The van der Waals surface area contributed by atoms with Crippen LogP contribution in [0.2, 0.25) is 0 Å². The molecule has 2 aromatic carbocycles. The standard InChI is InChI=1S/C17H19NO2/c1-12(18-10-13(11-19)9-17(18)20)15-8-4-6-14-5-2-3-7-16(14)15/h2-8,12-13,19H,9-11H2,1H3/t12-,13?/m0/s1. The Labute approximate surface area is 118 Å². The molecule has 0 saturated carbocycles. The zero-order valence-electron chi connectivity index (χ0n) is 11.6. The van der Waals surface area contributed by atoms with E-state index in [1.165, 1.54) is 16.3 Å². The molecule has 1 amide bonds. The summed E-state index contributed by atoms with van der Waals surface area (Å²) in [6.45, 7) is 2.81. The molecule has 1 fully saturated rings. The minimum absolute atomic E-state index is 0.0464. The van der Waals surface area contributed by atoms with E-state index in [0.717, 1.165) is 0 Å². The molecule has 104 valence electrons. The van der Waals surface area contributed by atoms with E-state index in [1.54, 1.807) is 0 Å². The lowest BCUT2D eigenvalue weighted by Crippen LogP contribution is -2.28. The fourth-order valence-corrected chi connectivity index (χ4v) is 3.09.